The number of ether oxygens (including phenoxy) is 1. The fourth-order valence-electron chi connectivity index (χ4n) is 2.12. The average Bonchev–Trinajstić information content (AvgIpc) is 2.52. The molecule has 2 rings (SSSR count). The SMILES string of the molecule is CCCNc1nc(OC)nc(N2CCN(C(C)=O)CC2)n1. The summed E-state index contributed by atoms with van der Waals surface area (Å²) in [6.45, 7) is 7.24. The normalized spacial score (nSPS) is 15.0. The number of rotatable bonds is 5. The van der Waals surface area contributed by atoms with Crippen molar-refractivity contribution in [3.63, 3.8) is 0 Å². The molecule has 0 unspecified atom stereocenters. The minimum Gasteiger partial charge on any atom is -0.467 e. The monoisotopic (exact) mass is 294 g/mol. The topological polar surface area (TPSA) is 83.5 Å². The lowest BCUT2D eigenvalue weighted by Crippen LogP contribution is -2.48. The number of nitrogens with zero attached hydrogens (tertiary/aromatic N) is 5. The predicted molar refractivity (Wildman–Crippen MR) is 79.6 cm³/mol. The summed E-state index contributed by atoms with van der Waals surface area (Å²) in [4.78, 5) is 28.1. The zero-order valence-corrected chi connectivity index (χ0v) is 12.8. The number of amides is 1. The highest BCUT2D eigenvalue weighted by molar-refractivity contribution is 5.73. The van der Waals surface area contributed by atoms with Gasteiger partial charge in [-0.05, 0) is 6.42 Å². The summed E-state index contributed by atoms with van der Waals surface area (Å²) in [5, 5.41) is 3.14. The number of nitrogens with one attached hydrogen (secondary N) is 1. The second kappa shape index (κ2) is 7.05. The van der Waals surface area contributed by atoms with Gasteiger partial charge in [-0.3, -0.25) is 4.79 Å². The van der Waals surface area contributed by atoms with Gasteiger partial charge in [0.25, 0.3) is 0 Å². The van der Waals surface area contributed by atoms with E-state index in [2.05, 4.69) is 27.2 Å². The van der Waals surface area contributed by atoms with E-state index >= 15 is 0 Å². The third-order valence-corrected chi connectivity index (χ3v) is 3.33. The van der Waals surface area contributed by atoms with Gasteiger partial charge in [-0.25, -0.2) is 0 Å². The van der Waals surface area contributed by atoms with E-state index in [1.807, 2.05) is 9.80 Å². The van der Waals surface area contributed by atoms with Gasteiger partial charge < -0.3 is 19.9 Å². The van der Waals surface area contributed by atoms with Crippen LogP contribution in [0.5, 0.6) is 6.01 Å². The molecule has 0 atom stereocenters. The maximum atomic E-state index is 11.4. The fraction of sp³-hybridized carbons (Fsp3) is 0.692. The molecular formula is C13H22N6O2. The lowest BCUT2D eigenvalue weighted by atomic mass is 10.3. The molecular weight excluding hydrogens is 272 g/mol. The highest BCUT2D eigenvalue weighted by Gasteiger charge is 2.21. The number of methoxy groups -OCH3 is 1. The Bertz CT molecular complexity index is 488. The Balaban J connectivity index is 2.10. The van der Waals surface area contributed by atoms with Gasteiger partial charge in [0.05, 0.1) is 7.11 Å². The zero-order valence-electron chi connectivity index (χ0n) is 12.8. The Kier molecular flexibility index (Phi) is 5.13. The average molecular weight is 294 g/mol. The van der Waals surface area contributed by atoms with Gasteiger partial charge in [0.1, 0.15) is 0 Å². The molecule has 1 aliphatic rings. The first-order valence-electron chi connectivity index (χ1n) is 7.18. The minimum atomic E-state index is 0.105. The summed E-state index contributed by atoms with van der Waals surface area (Å²) in [5.74, 6) is 1.21. The number of hydrogen-bond donors (Lipinski definition) is 1. The molecule has 116 valence electrons. The van der Waals surface area contributed by atoms with Crippen molar-refractivity contribution in [2.75, 3.05) is 50.1 Å². The molecule has 1 aromatic rings. The second-order valence-electron chi connectivity index (χ2n) is 4.87. The minimum absolute atomic E-state index is 0.105. The molecule has 1 N–H and O–H groups in total. The van der Waals surface area contributed by atoms with Gasteiger partial charge in [0, 0.05) is 39.6 Å². The van der Waals surface area contributed by atoms with Crippen LogP contribution in [0.1, 0.15) is 20.3 Å². The van der Waals surface area contributed by atoms with Gasteiger partial charge in [-0.2, -0.15) is 15.0 Å². The fourth-order valence-corrected chi connectivity index (χ4v) is 2.12. The van der Waals surface area contributed by atoms with Crippen LogP contribution < -0.4 is 15.0 Å². The quantitative estimate of drug-likeness (QED) is 0.840. The van der Waals surface area contributed by atoms with Gasteiger partial charge >= 0.3 is 6.01 Å². The standard InChI is InChI=1S/C13H22N6O2/c1-4-5-14-11-15-12(17-13(16-11)21-3)19-8-6-18(7-9-19)10(2)20/h4-9H2,1-3H3,(H,14,15,16,17). The molecule has 0 aromatic carbocycles. The van der Waals surface area contributed by atoms with Crippen molar-refractivity contribution in [1.29, 1.82) is 0 Å². The molecule has 8 nitrogen and oxygen atoms in total. The van der Waals surface area contributed by atoms with Crippen LogP contribution in [0.15, 0.2) is 0 Å². The number of anilines is 2. The summed E-state index contributed by atoms with van der Waals surface area (Å²) in [6, 6.07) is 0.299. The molecule has 1 saturated heterocycles. The highest BCUT2D eigenvalue weighted by Crippen LogP contribution is 2.16. The van der Waals surface area contributed by atoms with Crippen LogP contribution in [-0.2, 0) is 4.79 Å². The van der Waals surface area contributed by atoms with Crippen LogP contribution in [0.25, 0.3) is 0 Å². The number of carbonyl (C=O) groups is 1. The van der Waals surface area contributed by atoms with Crippen LogP contribution in [0.3, 0.4) is 0 Å². The molecule has 1 fully saturated rings. The van der Waals surface area contributed by atoms with Gasteiger partial charge in [-0.15, -0.1) is 0 Å². The van der Waals surface area contributed by atoms with Crippen molar-refractivity contribution in [3.05, 3.63) is 0 Å². The third-order valence-electron chi connectivity index (χ3n) is 3.33. The molecule has 0 spiro atoms. The molecule has 0 bridgehead atoms. The first-order chi connectivity index (χ1) is 10.1. The summed E-state index contributed by atoms with van der Waals surface area (Å²) in [6.07, 6.45) is 0.987. The third kappa shape index (κ3) is 3.93. The van der Waals surface area contributed by atoms with E-state index in [1.54, 1.807) is 6.92 Å². The van der Waals surface area contributed by atoms with E-state index in [4.69, 9.17) is 4.74 Å². The summed E-state index contributed by atoms with van der Waals surface area (Å²) in [5.41, 5.74) is 0. The predicted octanol–water partition coefficient (Wildman–Crippen LogP) is 0.371. The van der Waals surface area contributed by atoms with E-state index in [1.165, 1.54) is 7.11 Å². The number of carbonyl (C=O) groups excluding carboxylic acids is 1. The molecule has 8 heteroatoms. The summed E-state index contributed by atoms with van der Waals surface area (Å²) < 4.78 is 5.13. The first kappa shape index (κ1) is 15.3. The number of hydrogen-bond acceptors (Lipinski definition) is 7. The van der Waals surface area contributed by atoms with Crippen LogP contribution in [0, 0.1) is 0 Å². The van der Waals surface area contributed by atoms with Gasteiger partial charge in [0.15, 0.2) is 0 Å². The molecule has 0 saturated carbocycles. The van der Waals surface area contributed by atoms with Crippen LogP contribution in [0.2, 0.25) is 0 Å². The maximum Gasteiger partial charge on any atom is 0.322 e. The molecule has 1 amide bonds. The first-order valence-corrected chi connectivity index (χ1v) is 7.18. The van der Waals surface area contributed by atoms with Gasteiger partial charge in [-0.1, -0.05) is 6.92 Å². The molecule has 1 aromatic heterocycles. The lowest BCUT2D eigenvalue weighted by Gasteiger charge is -2.34. The molecule has 0 radical (unpaired) electrons. The smallest absolute Gasteiger partial charge is 0.322 e. The van der Waals surface area contributed by atoms with Crippen LogP contribution >= 0.6 is 0 Å². The van der Waals surface area contributed by atoms with E-state index < -0.39 is 0 Å². The Hall–Kier alpha value is -2.12. The highest BCUT2D eigenvalue weighted by atomic mass is 16.5. The van der Waals surface area contributed by atoms with Crippen molar-refractivity contribution >= 4 is 17.8 Å². The number of aromatic nitrogens is 3. The van der Waals surface area contributed by atoms with E-state index in [9.17, 15) is 4.79 Å². The number of piperazine rings is 1. The Labute approximate surface area is 124 Å². The van der Waals surface area contributed by atoms with E-state index in [0.29, 0.717) is 44.1 Å². The summed E-state index contributed by atoms with van der Waals surface area (Å²) >= 11 is 0. The molecule has 2 heterocycles. The van der Waals surface area contributed by atoms with E-state index in [-0.39, 0.29) is 5.91 Å². The molecule has 1 aliphatic heterocycles. The molecule has 0 aliphatic carbocycles. The second-order valence-corrected chi connectivity index (χ2v) is 4.87. The Morgan fingerprint density at radius 1 is 1.24 bits per heavy atom. The van der Waals surface area contributed by atoms with Crippen molar-refractivity contribution in [2.24, 2.45) is 0 Å². The van der Waals surface area contributed by atoms with Crippen LogP contribution in [0.4, 0.5) is 11.9 Å². The summed E-state index contributed by atoms with van der Waals surface area (Å²) in [7, 11) is 1.54. The van der Waals surface area contributed by atoms with Crippen molar-refractivity contribution < 1.29 is 9.53 Å². The van der Waals surface area contributed by atoms with Crippen molar-refractivity contribution in [2.45, 2.75) is 20.3 Å². The maximum absolute atomic E-state index is 11.4. The van der Waals surface area contributed by atoms with E-state index in [0.717, 1.165) is 13.0 Å². The van der Waals surface area contributed by atoms with Crippen molar-refractivity contribution in [1.82, 2.24) is 19.9 Å². The largest absolute Gasteiger partial charge is 0.467 e. The van der Waals surface area contributed by atoms with Crippen LogP contribution in [-0.4, -0.2) is 65.6 Å². The zero-order chi connectivity index (χ0) is 15.2. The Morgan fingerprint density at radius 3 is 2.52 bits per heavy atom. The lowest BCUT2D eigenvalue weighted by molar-refractivity contribution is -0.129. The van der Waals surface area contributed by atoms with Gasteiger partial charge in [0.2, 0.25) is 17.8 Å². The Morgan fingerprint density at radius 2 is 1.95 bits per heavy atom. The molecule has 21 heavy (non-hydrogen) atoms. The van der Waals surface area contributed by atoms with Crippen molar-refractivity contribution in [3.8, 4) is 6.01 Å².